The molecule has 0 aliphatic heterocycles. The van der Waals surface area contributed by atoms with Crippen molar-refractivity contribution in [2.24, 2.45) is 0 Å². The first-order valence-electron chi connectivity index (χ1n) is 6.83. The number of hydrogen-bond acceptors (Lipinski definition) is 4. The second-order valence-corrected chi connectivity index (χ2v) is 7.38. The summed E-state index contributed by atoms with van der Waals surface area (Å²) in [5.41, 5.74) is 1.64. The van der Waals surface area contributed by atoms with Crippen LogP contribution >= 0.6 is 0 Å². The van der Waals surface area contributed by atoms with Gasteiger partial charge in [0.05, 0.1) is 17.2 Å². The molecule has 0 fully saturated rings. The summed E-state index contributed by atoms with van der Waals surface area (Å²) in [6.45, 7) is 3.70. The van der Waals surface area contributed by atoms with Crippen LogP contribution in [0.3, 0.4) is 0 Å². The van der Waals surface area contributed by atoms with Gasteiger partial charge in [0.2, 0.25) is 0 Å². The third-order valence-electron chi connectivity index (χ3n) is 3.75. The molecule has 5 nitrogen and oxygen atoms in total. The third-order valence-corrected chi connectivity index (χ3v) is 4.88. The maximum Gasteiger partial charge on any atom is 0.290 e. The molecule has 1 heterocycles. The van der Waals surface area contributed by atoms with Gasteiger partial charge >= 0.3 is 0 Å². The molecule has 6 heteroatoms. The van der Waals surface area contributed by atoms with Crippen LogP contribution in [-0.2, 0) is 9.84 Å². The number of nitrogens with zero attached hydrogens (tertiary/aromatic N) is 1. The summed E-state index contributed by atoms with van der Waals surface area (Å²) in [4.78, 5) is 14.2. The van der Waals surface area contributed by atoms with E-state index in [4.69, 9.17) is 4.42 Å². The SMILES string of the molecule is Cc1ccoc1C(=O)N(C)C(C)c1ccc(S(C)(=O)=O)cc1. The topological polar surface area (TPSA) is 67.6 Å². The molecule has 0 N–H and O–H groups in total. The van der Waals surface area contributed by atoms with Crippen molar-refractivity contribution in [3.63, 3.8) is 0 Å². The van der Waals surface area contributed by atoms with Crippen LogP contribution in [0.25, 0.3) is 0 Å². The van der Waals surface area contributed by atoms with Crippen LogP contribution in [0.15, 0.2) is 45.9 Å². The molecule has 2 aromatic rings. The first kappa shape index (κ1) is 16.3. The molecule has 0 saturated heterocycles. The Morgan fingerprint density at radius 3 is 2.23 bits per heavy atom. The summed E-state index contributed by atoms with van der Waals surface area (Å²) in [6, 6.07) is 8.09. The predicted octanol–water partition coefficient (Wildman–Crippen LogP) is 2.82. The van der Waals surface area contributed by atoms with E-state index in [0.717, 1.165) is 11.1 Å². The maximum absolute atomic E-state index is 12.4. The number of aryl methyl sites for hydroxylation is 1. The monoisotopic (exact) mass is 321 g/mol. The van der Waals surface area contributed by atoms with Gasteiger partial charge in [-0.3, -0.25) is 4.79 Å². The first-order chi connectivity index (χ1) is 10.2. The average molecular weight is 321 g/mol. The minimum absolute atomic E-state index is 0.203. The highest BCUT2D eigenvalue weighted by molar-refractivity contribution is 7.90. The minimum Gasteiger partial charge on any atom is -0.459 e. The Morgan fingerprint density at radius 2 is 1.77 bits per heavy atom. The Kier molecular flexibility index (Phi) is 4.42. The zero-order chi connectivity index (χ0) is 16.5. The molecule has 1 aromatic heterocycles. The van der Waals surface area contributed by atoms with Crippen LogP contribution in [0, 0.1) is 6.92 Å². The molecular weight excluding hydrogens is 302 g/mol. The Balaban J connectivity index is 2.22. The average Bonchev–Trinajstić information content (AvgIpc) is 2.90. The van der Waals surface area contributed by atoms with Crippen molar-refractivity contribution in [3.8, 4) is 0 Å². The molecule has 0 aliphatic rings. The molecule has 0 saturated carbocycles. The zero-order valence-electron chi connectivity index (χ0n) is 13.0. The van der Waals surface area contributed by atoms with Crippen LogP contribution in [0.4, 0.5) is 0 Å². The summed E-state index contributed by atoms with van der Waals surface area (Å²) in [5.74, 6) is 0.115. The van der Waals surface area contributed by atoms with Gasteiger partial charge in [-0.25, -0.2) is 8.42 Å². The van der Waals surface area contributed by atoms with Crippen molar-refractivity contribution < 1.29 is 17.6 Å². The molecule has 22 heavy (non-hydrogen) atoms. The van der Waals surface area contributed by atoms with E-state index < -0.39 is 9.84 Å². The van der Waals surface area contributed by atoms with Crippen LogP contribution in [0.1, 0.15) is 34.6 Å². The van der Waals surface area contributed by atoms with Crippen molar-refractivity contribution in [1.29, 1.82) is 0 Å². The van der Waals surface area contributed by atoms with E-state index >= 15 is 0 Å². The van der Waals surface area contributed by atoms with Gasteiger partial charge in [-0.2, -0.15) is 0 Å². The number of rotatable bonds is 4. The Hall–Kier alpha value is -2.08. The second-order valence-electron chi connectivity index (χ2n) is 5.37. The second kappa shape index (κ2) is 5.96. The van der Waals surface area contributed by atoms with Gasteiger partial charge in [-0.1, -0.05) is 12.1 Å². The maximum atomic E-state index is 12.4. The predicted molar refractivity (Wildman–Crippen MR) is 83.5 cm³/mol. The Labute approximate surface area is 130 Å². The van der Waals surface area contributed by atoms with Gasteiger partial charge in [0.25, 0.3) is 5.91 Å². The number of carbonyl (C=O) groups is 1. The summed E-state index contributed by atoms with van der Waals surface area (Å²) in [6.07, 6.45) is 2.66. The molecule has 1 atom stereocenters. The lowest BCUT2D eigenvalue weighted by Gasteiger charge is -2.24. The van der Waals surface area contributed by atoms with E-state index in [9.17, 15) is 13.2 Å². The summed E-state index contributed by atoms with van der Waals surface area (Å²) >= 11 is 0. The van der Waals surface area contributed by atoms with Crippen molar-refractivity contribution in [2.75, 3.05) is 13.3 Å². The molecule has 0 aliphatic carbocycles. The van der Waals surface area contributed by atoms with Crippen LogP contribution in [0.2, 0.25) is 0 Å². The van der Waals surface area contributed by atoms with E-state index in [2.05, 4.69) is 0 Å². The lowest BCUT2D eigenvalue weighted by Crippen LogP contribution is -2.29. The Bertz CT molecular complexity index is 775. The fourth-order valence-electron chi connectivity index (χ4n) is 2.15. The third kappa shape index (κ3) is 3.22. The molecule has 0 bridgehead atoms. The lowest BCUT2D eigenvalue weighted by atomic mass is 10.1. The van der Waals surface area contributed by atoms with Gasteiger partial charge in [0, 0.05) is 18.9 Å². The first-order valence-corrected chi connectivity index (χ1v) is 8.72. The number of amides is 1. The highest BCUT2D eigenvalue weighted by Gasteiger charge is 2.22. The van der Waals surface area contributed by atoms with E-state index in [1.165, 1.54) is 12.5 Å². The number of furan rings is 1. The lowest BCUT2D eigenvalue weighted by molar-refractivity contribution is 0.0709. The van der Waals surface area contributed by atoms with Gasteiger partial charge in [-0.15, -0.1) is 0 Å². The normalized spacial score (nSPS) is 12.9. The number of benzene rings is 1. The summed E-state index contributed by atoms with van der Waals surface area (Å²) < 4.78 is 28.2. The molecule has 118 valence electrons. The van der Waals surface area contributed by atoms with Crippen molar-refractivity contribution >= 4 is 15.7 Å². The van der Waals surface area contributed by atoms with Crippen LogP contribution in [0.5, 0.6) is 0 Å². The fourth-order valence-corrected chi connectivity index (χ4v) is 2.78. The molecule has 1 amide bonds. The van der Waals surface area contributed by atoms with E-state index in [1.807, 2.05) is 13.8 Å². The van der Waals surface area contributed by atoms with Crippen LogP contribution < -0.4 is 0 Å². The highest BCUT2D eigenvalue weighted by atomic mass is 32.2. The highest BCUT2D eigenvalue weighted by Crippen LogP contribution is 2.23. The van der Waals surface area contributed by atoms with Crippen molar-refractivity contribution in [2.45, 2.75) is 24.8 Å². The Morgan fingerprint density at radius 1 is 1.18 bits per heavy atom. The number of hydrogen-bond donors (Lipinski definition) is 0. The quantitative estimate of drug-likeness (QED) is 0.868. The van der Waals surface area contributed by atoms with Crippen molar-refractivity contribution in [3.05, 3.63) is 53.5 Å². The van der Waals surface area contributed by atoms with Gasteiger partial charge in [-0.05, 0) is 37.6 Å². The molecular formula is C16H19NO4S. The van der Waals surface area contributed by atoms with E-state index in [0.29, 0.717) is 5.76 Å². The largest absolute Gasteiger partial charge is 0.459 e. The van der Waals surface area contributed by atoms with Gasteiger partial charge in [0.1, 0.15) is 0 Å². The number of sulfone groups is 1. The molecule has 0 radical (unpaired) electrons. The van der Waals surface area contributed by atoms with Crippen molar-refractivity contribution in [1.82, 2.24) is 4.90 Å². The molecule has 1 aromatic carbocycles. The van der Waals surface area contributed by atoms with E-state index in [-0.39, 0.29) is 16.8 Å². The zero-order valence-corrected chi connectivity index (χ0v) is 13.8. The molecule has 0 spiro atoms. The molecule has 1 unspecified atom stereocenters. The standard InChI is InChI=1S/C16H19NO4S/c1-11-9-10-21-15(11)16(18)17(3)12(2)13-5-7-14(8-6-13)22(4,19)20/h5-10,12H,1-4H3. The minimum atomic E-state index is -3.22. The molecule has 2 rings (SSSR count). The smallest absolute Gasteiger partial charge is 0.290 e. The summed E-state index contributed by atoms with van der Waals surface area (Å²) in [7, 11) is -1.52. The van der Waals surface area contributed by atoms with Crippen LogP contribution in [-0.4, -0.2) is 32.5 Å². The van der Waals surface area contributed by atoms with Gasteiger partial charge < -0.3 is 9.32 Å². The summed E-state index contributed by atoms with van der Waals surface area (Å²) in [5, 5.41) is 0. The number of carbonyl (C=O) groups excluding carboxylic acids is 1. The van der Waals surface area contributed by atoms with Gasteiger partial charge in [0.15, 0.2) is 15.6 Å². The van der Waals surface area contributed by atoms with E-state index in [1.54, 1.807) is 42.3 Å². The fraction of sp³-hybridized carbons (Fsp3) is 0.312.